The lowest BCUT2D eigenvalue weighted by Crippen LogP contribution is -2.47. The number of hydrogen-bond donors (Lipinski definition) is 1. The average molecular weight is 690 g/mol. The Kier molecular flexibility index (Phi) is 6.94. The van der Waals surface area contributed by atoms with Crippen LogP contribution in [0.1, 0.15) is 50.9 Å². The Morgan fingerprint density at radius 1 is 0.500 bits per heavy atom. The molecule has 6 aromatic rings. The highest BCUT2D eigenvalue weighted by atomic mass is 14.9. The van der Waals surface area contributed by atoms with Gasteiger partial charge in [0.15, 0.2) is 0 Å². The van der Waals surface area contributed by atoms with Crippen LogP contribution in [0.15, 0.2) is 212 Å². The van der Waals surface area contributed by atoms with Crippen LogP contribution in [0.3, 0.4) is 0 Å². The smallest absolute Gasteiger partial charge is 0.0768 e. The van der Waals surface area contributed by atoms with Crippen molar-refractivity contribution in [2.75, 3.05) is 0 Å². The molecule has 4 unspecified atom stereocenters. The van der Waals surface area contributed by atoms with E-state index in [0.29, 0.717) is 0 Å². The zero-order chi connectivity index (χ0) is 35.7. The first kappa shape index (κ1) is 31.1. The third-order valence-electron chi connectivity index (χ3n) is 12.7. The van der Waals surface area contributed by atoms with Gasteiger partial charge in [-0.3, -0.25) is 0 Å². The lowest BCUT2D eigenvalue weighted by atomic mass is 9.49. The van der Waals surface area contributed by atoms with Crippen LogP contribution in [0.4, 0.5) is 0 Å². The summed E-state index contributed by atoms with van der Waals surface area (Å²) in [4.78, 5) is 0. The van der Waals surface area contributed by atoms with E-state index in [0.717, 1.165) is 6.42 Å². The van der Waals surface area contributed by atoms with Gasteiger partial charge >= 0.3 is 0 Å². The molecule has 0 saturated carbocycles. The van der Waals surface area contributed by atoms with Crippen molar-refractivity contribution >= 4 is 5.57 Å². The van der Waals surface area contributed by atoms with E-state index < -0.39 is 10.8 Å². The summed E-state index contributed by atoms with van der Waals surface area (Å²) in [6, 6.07) is 55.7. The summed E-state index contributed by atoms with van der Waals surface area (Å²) in [5.74, 6) is 0.234. The van der Waals surface area contributed by atoms with Gasteiger partial charge in [0.1, 0.15) is 0 Å². The van der Waals surface area contributed by atoms with Gasteiger partial charge in [-0.2, -0.15) is 0 Å². The van der Waals surface area contributed by atoms with Gasteiger partial charge in [-0.15, -0.1) is 0 Å². The molecule has 11 rings (SSSR count). The lowest BCUT2D eigenvalue weighted by molar-refractivity contribution is 0.424. The second-order valence-corrected chi connectivity index (χ2v) is 15.2. The molecule has 1 N–H and O–H groups in total. The van der Waals surface area contributed by atoms with Crippen LogP contribution in [0, 0.1) is 5.92 Å². The van der Waals surface area contributed by atoms with Crippen LogP contribution in [0.5, 0.6) is 0 Å². The molecule has 1 heterocycles. The van der Waals surface area contributed by atoms with Crippen molar-refractivity contribution in [1.29, 1.82) is 0 Å². The summed E-state index contributed by atoms with van der Waals surface area (Å²) >= 11 is 0. The number of dihydropyridines is 1. The molecule has 1 nitrogen and oxygen atoms in total. The van der Waals surface area contributed by atoms with Crippen molar-refractivity contribution in [3.8, 4) is 22.3 Å². The van der Waals surface area contributed by atoms with Crippen molar-refractivity contribution in [3.63, 3.8) is 0 Å². The summed E-state index contributed by atoms with van der Waals surface area (Å²) in [6.45, 7) is 0. The molecule has 0 spiro atoms. The first-order valence-corrected chi connectivity index (χ1v) is 19.2. The van der Waals surface area contributed by atoms with E-state index in [4.69, 9.17) is 0 Å². The number of rotatable bonds is 5. The van der Waals surface area contributed by atoms with E-state index in [2.05, 4.69) is 206 Å². The molecular formula is C53H39N. The van der Waals surface area contributed by atoms with Crippen LogP contribution < -0.4 is 5.32 Å². The highest BCUT2D eigenvalue weighted by Crippen LogP contribution is 2.66. The Hall–Kier alpha value is -6.44. The molecule has 256 valence electrons. The molecule has 4 aliphatic carbocycles. The third kappa shape index (κ3) is 4.21. The van der Waals surface area contributed by atoms with Crippen molar-refractivity contribution in [2.24, 2.45) is 5.92 Å². The van der Waals surface area contributed by atoms with Gasteiger partial charge in [0.05, 0.1) is 16.9 Å². The Morgan fingerprint density at radius 2 is 1.19 bits per heavy atom. The zero-order valence-electron chi connectivity index (χ0n) is 30.0. The molecule has 1 aliphatic heterocycles. The van der Waals surface area contributed by atoms with Gasteiger partial charge in [0.2, 0.25) is 0 Å². The van der Waals surface area contributed by atoms with Gasteiger partial charge in [-0.1, -0.05) is 194 Å². The van der Waals surface area contributed by atoms with Gasteiger partial charge in [-0.05, 0) is 103 Å². The van der Waals surface area contributed by atoms with Crippen molar-refractivity contribution < 1.29 is 0 Å². The zero-order valence-corrected chi connectivity index (χ0v) is 30.0. The van der Waals surface area contributed by atoms with Crippen LogP contribution in [0.2, 0.25) is 0 Å². The maximum absolute atomic E-state index is 3.55. The molecule has 0 amide bonds. The fourth-order valence-corrected chi connectivity index (χ4v) is 10.6. The minimum Gasteiger partial charge on any atom is -0.380 e. The van der Waals surface area contributed by atoms with Crippen LogP contribution in [-0.2, 0) is 10.8 Å². The van der Waals surface area contributed by atoms with Gasteiger partial charge in [-0.25, -0.2) is 0 Å². The third-order valence-corrected chi connectivity index (χ3v) is 12.7. The Balaban J connectivity index is 1.10. The fraction of sp³-hybridized carbons (Fsp3) is 0.0943. The normalized spacial score (nSPS) is 23.7. The summed E-state index contributed by atoms with van der Waals surface area (Å²) < 4.78 is 0. The second-order valence-electron chi connectivity index (χ2n) is 15.2. The molecule has 0 aromatic heterocycles. The standard InChI is InChI=1S/C53H39N/c1-3-16-40(17-4-1)52(42-33-31-37(32-34-42)36-27-29-38(30-28-36)43-21-11-14-39-15-13-35-54-51(39)43)47-24-9-10-25-48(47)53(41-18-5-2-6-19-41)46-23-8-7-20-44(46)45-22-12-26-49(52)50(45)53/h1-16,18-35,40,51,54H,17H2. The number of fused-ring (bicyclic) bond motifs is 6. The summed E-state index contributed by atoms with van der Waals surface area (Å²) in [5.41, 5.74) is 17.8. The number of allylic oxidation sites excluding steroid dienone is 8. The van der Waals surface area contributed by atoms with Crippen LogP contribution >= 0.6 is 0 Å². The van der Waals surface area contributed by atoms with Crippen molar-refractivity contribution in [3.05, 3.63) is 257 Å². The minimum atomic E-state index is -0.413. The Morgan fingerprint density at radius 3 is 1.98 bits per heavy atom. The second kappa shape index (κ2) is 12.0. The number of hydrogen-bond acceptors (Lipinski definition) is 1. The van der Waals surface area contributed by atoms with E-state index in [-0.39, 0.29) is 12.0 Å². The lowest BCUT2D eigenvalue weighted by Gasteiger charge is -2.52. The summed E-state index contributed by atoms with van der Waals surface area (Å²) in [7, 11) is 0. The molecule has 0 bridgehead atoms. The van der Waals surface area contributed by atoms with Gasteiger partial charge in [0, 0.05) is 0 Å². The molecule has 0 radical (unpaired) electrons. The maximum atomic E-state index is 3.55. The summed E-state index contributed by atoms with van der Waals surface area (Å²) in [6.07, 6.45) is 23.2. The molecule has 5 aliphatic rings. The molecule has 1 heteroatoms. The topological polar surface area (TPSA) is 12.0 Å². The highest BCUT2D eigenvalue weighted by Gasteiger charge is 2.58. The molecule has 0 saturated heterocycles. The Labute approximate surface area is 317 Å². The maximum Gasteiger partial charge on any atom is 0.0768 e. The van der Waals surface area contributed by atoms with Crippen LogP contribution in [0.25, 0.3) is 27.8 Å². The monoisotopic (exact) mass is 689 g/mol. The van der Waals surface area contributed by atoms with Crippen molar-refractivity contribution in [1.82, 2.24) is 5.32 Å². The highest BCUT2D eigenvalue weighted by molar-refractivity contribution is 5.91. The van der Waals surface area contributed by atoms with Gasteiger partial charge in [0.25, 0.3) is 0 Å². The average Bonchev–Trinajstić information content (AvgIpc) is 3.57. The van der Waals surface area contributed by atoms with E-state index in [1.807, 2.05) is 6.20 Å². The molecule has 4 atom stereocenters. The van der Waals surface area contributed by atoms with E-state index in [1.54, 1.807) is 0 Å². The first-order valence-electron chi connectivity index (χ1n) is 19.2. The van der Waals surface area contributed by atoms with E-state index in [9.17, 15) is 0 Å². The van der Waals surface area contributed by atoms with E-state index in [1.165, 1.54) is 77.9 Å². The summed E-state index contributed by atoms with van der Waals surface area (Å²) in [5, 5.41) is 3.55. The molecule has 6 aromatic carbocycles. The molecule has 54 heavy (non-hydrogen) atoms. The quantitative estimate of drug-likeness (QED) is 0.190. The predicted molar refractivity (Wildman–Crippen MR) is 223 cm³/mol. The molecular weight excluding hydrogens is 651 g/mol. The SMILES string of the molecule is C1=CCC(C2(c3ccc(-c4ccc(C5=CC=CC6=CC=CNC65)cc4)cc3)c3ccccc3C3(c4ccccc4)c4ccccc4-c4cccc2c43)C=C1. The molecule has 0 fully saturated rings. The number of benzene rings is 6. The first-order chi connectivity index (χ1) is 26.8. The number of nitrogens with one attached hydrogen (secondary N) is 1. The van der Waals surface area contributed by atoms with E-state index >= 15 is 0 Å². The Bertz CT molecular complexity index is 2650. The van der Waals surface area contributed by atoms with Crippen molar-refractivity contribution in [2.45, 2.75) is 23.3 Å². The van der Waals surface area contributed by atoms with Crippen LogP contribution in [-0.4, -0.2) is 6.04 Å². The predicted octanol–water partition coefficient (Wildman–Crippen LogP) is 11.9. The van der Waals surface area contributed by atoms with Gasteiger partial charge < -0.3 is 5.32 Å². The fourth-order valence-electron chi connectivity index (χ4n) is 10.6. The minimum absolute atomic E-state index is 0.191. The largest absolute Gasteiger partial charge is 0.380 e.